The van der Waals surface area contributed by atoms with Crippen LogP contribution in [0.5, 0.6) is 0 Å². The van der Waals surface area contributed by atoms with Gasteiger partial charge in [0, 0.05) is 25.7 Å². The summed E-state index contributed by atoms with van der Waals surface area (Å²) in [6.07, 6.45) is 62.3. The Labute approximate surface area is 613 Å². The van der Waals surface area contributed by atoms with Gasteiger partial charge < -0.3 is 33.8 Å². The maximum atomic E-state index is 13.1. The van der Waals surface area contributed by atoms with Gasteiger partial charge in [-0.25, -0.2) is 9.13 Å². The van der Waals surface area contributed by atoms with E-state index in [9.17, 15) is 43.2 Å². The van der Waals surface area contributed by atoms with Crippen LogP contribution in [0.2, 0.25) is 0 Å². The van der Waals surface area contributed by atoms with Crippen LogP contribution in [-0.2, 0) is 65.4 Å². The number of unbranched alkanes of at least 4 members (excludes halogenated alkanes) is 50. The van der Waals surface area contributed by atoms with Gasteiger partial charge in [0.1, 0.15) is 19.3 Å². The fourth-order valence-corrected chi connectivity index (χ4v) is 14.1. The van der Waals surface area contributed by atoms with Crippen LogP contribution in [0, 0.1) is 11.8 Å². The largest absolute Gasteiger partial charge is 0.472 e. The Hall–Kier alpha value is -1.94. The molecule has 0 bridgehead atoms. The van der Waals surface area contributed by atoms with Crippen molar-refractivity contribution in [3.05, 3.63) is 0 Å². The lowest BCUT2D eigenvalue weighted by Crippen LogP contribution is -2.30. The molecule has 0 heterocycles. The Balaban J connectivity index is 5.26. The van der Waals surface area contributed by atoms with E-state index in [1.165, 1.54) is 244 Å². The molecule has 0 aromatic heterocycles. The molecular weight excluding hydrogens is 1310 g/mol. The van der Waals surface area contributed by atoms with Crippen molar-refractivity contribution in [3.63, 3.8) is 0 Å². The van der Waals surface area contributed by atoms with Crippen molar-refractivity contribution < 1.29 is 80.2 Å². The number of phosphoric acid groups is 2. The minimum absolute atomic E-state index is 0.108. The zero-order valence-electron chi connectivity index (χ0n) is 65.5. The Morgan fingerprint density at radius 3 is 0.680 bits per heavy atom. The first-order valence-electron chi connectivity index (χ1n) is 42.0. The third kappa shape index (κ3) is 74.3. The second kappa shape index (κ2) is 72.6. The molecule has 0 fully saturated rings. The average Bonchev–Trinajstić information content (AvgIpc) is 0.954. The van der Waals surface area contributed by atoms with Crippen molar-refractivity contribution in [3.8, 4) is 0 Å². The first-order valence-corrected chi connectivity index (χ1v) is 45.0. The van der Waals surface area contributed by atoms with E-state index in [0.717, 1.165) is 102 Å². The minimum Gasteiger partial charge on any atom is -0.462 e. The SMILES string of the molecule is CCCCCCCCCCCCCCCCCCCC(=O)OC[C@H](COP(=O)(O)OC[C@@H](O)COP(=O)(O)OC[C@@H](COC(=O)CCCCCCCCCCCC(C)C)OC(=O)CCCCCCCCCCCCCCCC)OC(=O)CCCCCCCCCCCCCCCCC(C)C. The summed E-state index contributed by atoms with van der Waals surface area (Å²) < 4.78 is 68.8. The third-order valence-corrected chi connectivity index (χ3v) is 20.9. The van der Waals surface area contributed by atoms with Crippen molar-refractivity contribution in [2.24, 2.45) is 11.8 Å². The van der Waals surface area contributed by atoms with Crippen LogP contribution in [0.3, 0.4) is 0 Å². The van der Waals surface area contributed by atoms with Crippen LogP contribution < -0.4 is 0 Å². The summed E-state index contributed by atoms with van der Waals surface area (Å²) >= 11 is 0. The standard InChI is InChI=1S/C81H158O17P2/c1-7-9-11-13-15-17-19-21-23-24-25-30-33-39-45-51-57-63-78(83)91-69-76(97-81(86)66-60-54-48-41-35-31-27-26-28-32-37-43-49-55-61-73(3)4)71-95-99(87,88)93-67-75(82)68-94-100(89,90)96-72-77(70-92-79(84)64-58-52-46-42-36-38-44-50-56-62-74(5)6)98-80(85)65-59-53-47-40-34-29-22-20-18-16-14-12-10-8-2/h73-77,82H,7-72H2,1-6H3,(H,87,88)(H,89,90)/t75-,76-,77-/m1/s1. The molecule has 0 aliphatic carbocycles. The van der Waals surface area contributed by atoms with Crippen molar-refractivity contribution in [1.29, 1.82) is 0 Å². The maximum absolute atomic E-state index is 13.1. The molecule has 0 radical (unpaired) electrons. The summed E-state index contributed by atoms with van der Waals surface area (Å²) in [7, 11) is -9.92. The fraction of sp³-hybridized carbons (Fsp3) is 0.951. The molecule has 0 aliphatic rings. The average molecular weight is 1470 g/mol. The van der Waals surface area contributed by atoms with Gasteiger partial charge in [-0.05, 0) is 37.5 Å². The number of ether oxygens (including phenoxy) is 4. The van der Waals surface area contributed by atoms with E-state index in [4.69, 9.17) is 37.0 Å². The molecule has 594 valence electrons. The number of esters is 4. The first-order chi connectivity index (χ1) is 48.4. The highest BCUT2D eigenvalue weighted by atomic mass is 31.2. The van der Waals surface area contributed by atoms with Crippen LogP contribution >= 0.6 is 15.6 Å². The molecule has 0 saturated heterocycles. The molecule has 19 heteroatoms. The second-order valence-corrected chi connectivity index (χ2v) is 33.0. The topological polar surface area (TPSA) is 237 Å². The minimum atomic E-state index is -4.96. The number of phosphoric ester groups is 2. The van der Waals surface area contributed by atoms with Crippen LogP contribution in [-0.4, -0.2) is 96.7 Å². The predicted molar refractivity (Wildman–Crippen MR) is 409 cm³/mol. The highest BCUT2D eigenvalue weighted by Gasteiger charge is 2.30. The lowest BCUT2D eigenvalue weighted by atomic mass is 10.0. The molecule has 0 aromatic carbocycles. The smallest absolute Gasteiger partial charge is 0.462 e. The molecular formula is C81H158O17P2. The van der Waals surface area contributed by atoms with Gasteiger partial charge in [0.2, 0.25) is 0 Å². The summed E-state index contributed by atoms with van der Waals surface area (Å²) in [5.74, 6) is -0.567. The number of carbonyl (C=O) groups excluding carboxylic acids is 4. The third-order valence-electron chi connectivity index (χ3n) is 19.0. The summed E-state index contributed by atoms with van der Waals surface area (Å²) in [5, 5.41) is 10.6. The van der Waals surface area contributed by atoms with E-state index in [2.05, 4.69) is 41.5 Å². The molecule has 3 N–H and O–H groups in total. The highest BCUT2D eigenvalue weighted by Crippen LogP contribution is 2.45. The Morgan fingerprint density at radius 1 is 0.270 bits per heavy atom. The first kappa shape index (κ1) is 98.1. The summed E-state index contributed by atoms with van der Waals surface area (Å²) in [6, 6.07) is 0. The van der Waals surface area contributed by atoms with Gasteiger partial charge in [-0.1, -0.05) is 375 Å². The van der Waals surface area contributed by atoms with Crippen molar-refractivity contribution >= 4 is 39.5 Å². The zero-order valence-corrected chi connectivity index (χ0v) is 67.3. The quantitative estimate of drug-likeness (QED) is 0.0222. The van der Waals surface area contributed by atoms with E-state index in [1.807, 2.05) is 0 Å². The summed E-state index contributed by atoms with van der Waals surface area (Å²) in [6.45, 7) is 9.65. The van der Waals surface area contributed by atoms with Crippen molar-refractivity contribution in [2.75, 3.05) is 39.6 Å². The molecule has 0 aliphatic heterocycles. The normalized spacial score (nSPS) is 13.9. The summed E-state index contributed by atoms with van der Waals surface area (Å²) in [4.78, 5) is 73.1. The lowest BCUT2D eigenvalue weighted by molar-refractivity contribution is -0.161. The Kier molecular flexibility index (Phi) is 71.2. The predicted octanol–water partition coefficient (Wildman–Crippen LogP) is 24.3. The number of aliphatic hydroxyl groups is 1. The Bertz CT molecular complexity index is 1920. The van der Waals surface area contributed by atoms with Crippen LogP contribution in [0.1, 0.15) is 427 Å². The highest BCUT2D eigenvalue weighted by molar-refractivity contribution is 7.47. The van der Waals surface area contributed by atoms with Gasteiger partial charge in [-0.15, -0.1) is 0 Å². The van der Waals surface area contributed by atoms with Crippen LogP contribution in [0.15, 0.2) is 0 Å². The molecule has 17 nitrogen and oxygen atoms in total. The number of aliphatic hydroxyl groups excluding tert-OH is 1. The number of rotatable bonds is 80. The van der Waals surface area contributed by atoms with E-state index in [0.29, 0.717) is 25.7 Å². The lowest BCUT2D eigenvalue weighted by Gasteiger charge is -2.21. The molecule has 5 atom stereocenters. The van der Waals surface area contributed by atoms with Gasteiger partial charge >= 0.3 is 39.5 Å². The number of hydrogen-bond donors (Lipinski definition) is 3. The van der Waals surface area contributed by atoms with E-state index in [-0.39, 0.29) is 25.7 Å². The van der Waals surface area contributed by atoms with Crippen LogP contribution in [0.4, 0.5) is 0 Å². The van der Waals surface area contributed by atoms with Gasteiger partial charge in [0.15, 0.2) is 12.2 Å². The summed E-state index contributed by atoms with van der Waals surface area (Å²) in [5.41, 5.74) is 0. The van der Waals surface area contributed by atoms with Gasteiger partial charge in [-0.2, -0.15) is 0 Å². The van der Waals surface area contributed by atoms with Crippen molar-refractivity contribution in [1.82, 2.24) is 0 Å². The van der Waals surface area contributed by atoms with Crippen molar-refractivity contribution in [2.45, 2.75) is 445 Å². The van der Waals surface area contributed by atoms with E-state index < -0.39 is 97.5 Å². The maximum Gasteiger partial charge on any atom is 0.472 e. The molecule has 100 heavy (non-hydrogen) atoms. The number of carbonyl (C=O) groups is 4. The van der Waals surface area contributed by atoms with Gasteiger partial charge in [-0.3, -0.25) is 37.3 Å². The molecule has 0 saturated carbocycles. The van der Waals surface area contributed by atoms with Crippen LogP contribution in [0.25, 0.3) is 0 Å². The fourth-order valence-electron chi connectivity index (χ4n) is 12.5. The monoisotopic (exact) mass is 1470 g/mol. The molecule has 0 aromatic rings. The van der Waals surface area contributed by atoms with Gasteiger partial charge in [0.25, 0.3) is 0 Å². The van der Waals surface area contributed by atoms with E-state index in [1.54, 1.807) is 0 Å². The Morgan fingerprint density at radius 2 is 0.460 bits per heavy atom. The second-order valence-electron chi connectivity index (χ2n) is 30.1. The van der Waals surface area contributed by atoms with Gasteiger partial charge in [0.05, 0.1) is 26.4 Å². The van der Waals surface area contributed by atoms with E-state index >= 15 is 0 Å². The number of hydrogen-bond acceptors (Lipinski definition) is 15. The molecule has 0 rings (SSSR count). The molecule has 0 spiro atoms. The molecule has 2 unspecified atom stereocenters. The molecule has 0 amide bonds. The zero-order chi connectivity index (χ0) is 73.5.